The van der Waals surface area contributed by atoms with Gasteiger partial charge in [-0.3, -0.25) is 9.59 Å². The summed E-state index contributed by atoms with van der Waals surface area (Å²) in [7, 11) is 0. The number of hydrogen-bond acceptors (Lipinski definition) is 3. The molecule has 2 aromatic rings. The van der Waals surface area contributed by atoms with Gasteiger partial charge in [-0.2, -0.15) is 0 Å². The van der Waals surface area contributed by atoms with Crippen molar-refractivity contribution < 1.29 is 14.3 Å². The van der Waals surface area contributed by atoms with Crippen LogP contribution in [0.15, 0.2) is 36.4 Å². The molecule has 0 spiro atoms. The third-order valence-corrected chi connectivity index (χ3v) is 3.27. The largest absolute Gasteiger partial charge is 0.479 e. The van der Waals surface area contributed by atoms with Gasteiger partial charge in [0.25, 0.3) is 5.91 Å². The zero-order valence-electron chi connectivity index (χ0n) is 12.5. The highest BCUT2D eigenvalue weighted by atomic mass is 16.5. The number of fused-ring (bicyclic) bond motifs is 1. The highest BCUT2D eigenvalue weighted by Crippen LogP contribution is 2.31. The van der Waals surface area contributed by atoms with E-state index in [4.69, 9.17) is 4.74 Å². The molecule has 21 heavy (non-hydrogen) atoms. The average molecular weight is 285 g/mol. The molecule has 0 saturated carbocycles. The molecular weight excluding hydrogens is 266 g/mol. The molecule has 110 valence electrons. The molecule has 1 unspecified atom stereocenters. The molecule has 0 saturated heterocycles. The van der Waals surface area contributed by atoms with Crippen LogP contribution < -0.4 is 10.1 Å². The fourth-order valence-electron chi connectivity index (χ4n) is 2.20. The van der Waals surface area contributed by atoms with E-state index in [1.165, 1.54) is 6.92 Å². The van der Waals surface area contributed by atoms with Crippen LogP contribution in [0.5, 0.6) is 5.75 Å². The second kappa shape index (κ2) is 6.39. The quantitative estimate of drug-likeness (QED) is 0.859. The summed E-state index contributed by atoms with van der Waals surface area (Å²) < 4.78 is 5.80. The van der Waals surface area contributed by atoms with Crippen molar-refractivity contribution in [1.29, 1.82) is 0 Å². The van der Waals surface area contributed by atoms with Gasteiger partial charge in [0.1, 0.15) is 5.75 Å². The van der Waals surface area contributed by atoms with Crippen molar-refractivity contribution in [3.63, 3.8) is 0 Å². The summed E-state index contributed by atoms with van der Waals surface area (Å²) in [6.07, 6.45) is -0.658. The van der Waals surface area contributed by atoms with Gasteiger partial charge in [0.05, 0.1) is 5.56 Å². The van der Waals surface area contributed by atoms with Crippen LogP contribution in [0.1, 0.15) is 31.1 Å². The number of carbonyl (C=O) groups is 2. The molecule has 0 bridgehead atoms. The van der Waals surface area contributed by atoms with Crippen molar-refractivity contribution in [1.82, 2.24) is 5.32 Å². The van der Waals surface area contributed by atoms with Gasteiger partial charge < -0.3 is 10.1 Å². The van der Waals surface area contributed by atoms with Crippen molar-refractivity contribution in [3.8, 4) is 5.75 Å². The predicted molar refractivity (Wildman–Crippen MR) is 82.7 cm³/mol. The lowest BCUT2D eigenvalue weighted by Gasteiger charge is -2.18. The standard InChI is InChI=1S/C17H19NO3/c1-4-18-17(20)12(3)21-16-14(11(2)19)10-9-13-7-5-6-8-15(13)16/h5-10,12H,4H2,1-3H3,(H,18,20). The summed E-state index contributed by atoms with van der Waals surface area (Å²) in [5.74, 6) is 0.193. The van der Waals surface area contributed by atoms with E-state index in [1.54, 1.807) is 13.0 Å². The van der Waals surface area contributed by atoms with Crippen molar-refractivity contribution in [3.05, 3.63) is 42.0 Å². The summed E-state index contributed by atoms with van der Waals surface area (Å²) in [4.78, 5) is 23.6. The maximum absolute atomic E-state index is 11.8. The van der Waals surface area contributed by atoms with Crippen LogP contribution >= 0.6 is 0 Å². The number of amides is 1. The molecule has 1 atom stereocenters. The van der Waals surface area contributed by atoms with Crippen LogP contribution in [0.4, 0.5) is 0 Å². The summed E-state index contributed by atoms with van der Waals surface area (Å²) in [5, 5.41) is 4.52. The third-order valence-electron chi connectivity index (χ3n) is 3.27. The number of rotatable bonds is 5. The Morgan fingerprint density at radius 3 is 2.57 bits per heavy atom. The molecule has 0 aliphatic heterocycles. The molecule has 0 fully saturated rings. The van der Waals surface area contributed by atoms with E-state index >= 15 is 0 Å². The van der Waals surface area contributed by atoms with Gasteiger partial charge in [-0.15, -0.1) is 0 Å². The van der Waals surface area contributed by atoms with Crippen molar-refractivity contribution in [2.24, 2.45) is 0 Å². The number of ketones is 1. The SMILES string of the molecule is CCNC(=O)C(C)Oc1c(C(C)=O)ccc2ccccc12. The molecule has 2 rings (SSSR count). The first-order valence-electron chi connectivity index (χ1n) is 7.01. The zero-order valence-corrected chi connectivity index (χ0v) is 12.5. The number of carbonyl (C=O) groups excluding carboxylic acids is 2. The molecule has 4 nitrogen and oxygen atoms in total. The maximum Gasteiger partial charge on any atom is 0.260 e. The van der Waals surface area contributed by atoms with Crippen LogP contribution in [0, 0.1) is 0 Å². The minimum Gasteiger partial charge on any atom is -0.479 e. The van der Waals surface area contributed by atoms with E-state index in [2.05, 4.69) is 5.32 Å². The van der Waals surface area contributed by atoms with E-state index in [0.29, 0.717) is 17.9 Å². The van der Waals surface area contributed by atoms with Gasteiger partial charge in [0.2, 0.25) is 0 Å². The Balaban J connectivity index is 2.47. The monoisotopic (exact) mass is 285 g/mol. The first-order valence-corrected chi connectivity index (χ1v) is 7.01. The van der Waals surface area contributed by atoms with Crippen LogP contribution in [0.25, 0.3) is 10.8 Å². The molecule has 0 radical (unpaired) electrons. The lowest BCUT2D eigenvalue weighted by molar-refractivity contribution is -0.127. The third kappa shape index (κ3) is 3.21. The Bertz CT molecular complexity index is 679. The van der Waals surface area contributed by atoms with Crippen molar-refractivity contribution >= 4 is 22.5 Å². The molecule has 0 heterocycles. The van der Waals surface area contributed by atoms with Crippen molar-refractivity contribution in [2.45, 2.75) is 26.9 Å². The number of ether oxygens (including phenoxy) is 1. The Morgan fingerprint density at radius 1 is 1.19 bits per heavy atom. The van der Waals surface area contributed by atoms with E-state index in [0.717, 1.165) is 10.8 Å². The first-order chi connectivity index (χ1) is 10.0. The number of benzene rings is 2. The van der Waals surface area contributed by atoms with Crippen LogP contribution in [0.2, 0.25) is 0 Å². The van der Waals surface area contributed by atoms with E-state index in [1.807, 2.05) is 37.3 Å². The molecule has 4 heteroatoms. The van der Waals surface area contributed by atoms with E-state index < -0.39 is 6.10 Å². The summed E-state index contributed by atoms with van der Waals surface area (Å²) in [6, 6.07) is 11.3. The van der Waals surface area contributed by atoms with Crippen molar-refractivity contribution in [2.75, 3.05) is 6.54 Å². The zero-order chi connectivity index (χ0) is 15.4. The molecule has 0 aliphatic rings. The van der Waals surface area contributed by atoms with Gasteiger partial charge in [-0.25, -0.2) is 0 Å². The topological polar surface area (TPSA) is 55.4 Å². The summed E-state index contributed by atoms with van der Waals surface area (Å²) in [6.45, 7) is 5.57. The number of nitrogens with one attached hydrogen (secondary N) is 1. The first kappa shape index (κ1) is 15.0. The molecular formula is C17H19NO3. The fraction of sp³-hybridized carbons (Fsp3) is 0.294. The Morgan fingerprint density at radius 2 is 1.90 bits per heavy atom. The Kier molecular flexibility index (Phi) is 4.58. The molecule has 2 aromatic carbocycles. The highest BCUT2D eigenvalue weighted by molar-refractivity contribution is 6.04. The normalized spacial score (nSPS) is 12.0. The number of Topliss-reactive ketones (excluding diaryl/α,β-unsaturated/α-hetero) is 1. The Hall–Kier alpha value is -2.36. The second-order valence-corrected chi connectivity index (χ2v) is 4.87. The summed E-state index contributed by atoms with van der Waals surface area (Å²) in [5.41, 5.74) is 0.491. The minimum atomic E-state index is -0.658. The molecule has 1 amide bonds. The maximum atomic E-state index is 11.8. The Labute approximate surface area is 124 Å². The van der Waals surface area contributed by atoms with E-state index in [-0.39, 0.29) is 11.7 Å². The van der Waals surface area contributed by atoms with Crippen LogP contribution in [-0.4, -0.2) is 24.3 Å². The van der Waals surface area contributed by atoms with Crippen LogP contribution in [0.3, 0.4) is 0 Å². The van der Waals surface area contributed by atoms with Gasteiger partial charge in [0.15, 0.2) is 11.9 Å². The van der Waals surface area contributed by atoms with Crippen LogP contribution in [-0.2, 0) is 4.79 Å². The summed E-state index contributed by atoms with van der Waals surface area (Å²) >= 11 is 0. The van der Waals surface area contributed by atoms with Gasteiger partial charge in [0, 0.05) is 11.9 Å². The lowest BCUT2D eigenvalue weighted by atomic mass is 10.0. The number of hydrogen-bond donors (Lipinski definition) is 1. The van der Waals surface area contributed by atoms with Gasteiger partial charge in [-0.05, 0) is 32.2 Å². The molecule has 1 N–H and O–H groups in total. The highest BCUT2D eigenvalue weighted by Gasteiger charge is 2.19. The minimum absolute atomic E-state index is 0.0844. The van der Waals surface area contributed by atoms with Gasteiger partial charge in [-0.1, -0.05) is 30.3 Å². The lowest BCUT2D eigenvalue weighted by Crippen LogP contribution is -2.36. The molecule has 0 aliphatic carbocycles. The number of likely N-dealkylation sites (N-methyl/N-ethyl adjacent to an activating group) is 1. The average Bonchev–Trinajstić information content (AvgIpc) is 2.47. The molecule has 0 aromatic heterocycles. The smallest absolute Gasteiger partial charge is 0.260 e. The second-order valence-electron chi connectivity index (χ2n) is 4.87. The predicted octanol–water partition coefficient (Wildman–Crippen LogP) is 2.95. The fourth-order valence-corrected chi connectivity index (χ4v) is 2.20. The van der Waals surface area contributed by atoms with Gasteiger partial charge >= 0.3 is 0 Å². The van der Waals surface area contributed by atoms with E-state index in [9.17, 15) is 9.59 Å².